The van der Waals surface area contributed by atoms with Crippen LogP contribution in [-0.2, 0) is 18.3 Å². The molecule has 0 bridgehead atoms. The molecule has 0 unspecified atom stereocenters. The normalized spacial score (nSPS) is 15.1. The molecule has 1 heterocycles. The number of fused-ring (bicyclic) bond motifs is 1. The molecule has 0 amide bonds. The predicted octanol–water partition coefficient (Wildman–Crippen LogP) is 3.38. The number of allylic oxidation sites excluding steroid dienone is 2. The van der Waals surface area contributed by atoms with Gasteiger partial charge in [-0.3, -0.25) is 0 Å². The summed E-state index contributed by atoms with van der Waals surface area (Å²) in [5, 5.41) is 8.78. The highest BCUT2D eigenvalue weighted by atomic mass is 32.2. The van der Waals surface area contributed by atoms with Crippen molar-refractivity contribution in [1.29, 1.82) is 0 Å². The minimum Gasteiger partial charge on any atom is -0.478 e. The number of aryl methyl sites for hydroxylation is 1. The average Bonchev–Trinajstić information content (AvgIpc) is 2.65. The van der Waals surface area contributed by atoms with Crippen molar-refractivity contribution >= 4 is 22.6 Å². The SMILES string of the molecule is CCSC1=C(/C=C/C(=O)O)CCc2c1cc(C)n2C. The topological polar surface area (TPSA) is 42.2 Å². The van der Waals surface area contributed by atoms with E-state index < -0.39 is 5.97 Å². The molecule has 1 aliphatic carbocycles. The second-order valence-electron chi connectivity index (χ2n) is 4.66. The van der Waals surface area contributed by atoms with E-state index in [2.05, 4.69) is 31.5 Å². The van der Waals surface area contributed by atoms with Gasteiger partial charge >= 0.3 is 5.97 Å². The van der Waals surface area contributed by atoms with Crippen LogP contribution in [0.25, 0.3) is 4.91 Å². The summed E-state index contributed by atoms with van der Waals surface area (Å²) in [6.45, 7) is 4.24. The molecule has 4 heteroatoms. The van der Waals surface area contributed by atoms with Crippen LogP contribution in [0, 0.1) is 6.92 Å². The van der Waals surface area contributed by atoms with E-state index in [-0.39, 0.29) is 0 Å². The smallest absolute Gasteiger partial charge is 0.328 e. The second-order valence-corrected chi connectivity index (χ2v) is 5.94. The summed E-state index contributed by atoms with van der Waals surface area (Å²) < 4.78 is 2.24. The summed E-state index contributed by atoms with van der Waals surface area (Å²) in [4.78, 5) is 11.9. The molecule has 0 saturated carbocycles. The fraction of sp³-hybridized carbons (Fsp3) is 0.400. The van der Waals surface area contributed by atoms with Crippen molar-refractivity contribution in [3.63, 3.8) is 0 Å². The van der Waals surface area contributed by atoms with E-state index in [9.17, 15) is 4.79 Å². The second kappa shape index (κ2) is 5.70. The summed E-state index contributed by atoms with van der Waals surface area (Å²) >= 11 is 1.80. The maximum Gasteiger partial charge on any atom is 0.328 e. The van der Waals surface area contributed by atoms with Gasteiger partial charge in [0.15, 0.2) is 0 Å². The molecule has 0 aromatic carbocycles. The first-order valence-electron chi connectivity index (χ1n) is 6.47. The zero-order valence-electron chi connectivity index (χ0n) is 11.6. The number of aliphatic carboxylic acids is 1. The van der Waals surface area contributed by atoms with E-state index >= 15 is 0 Å². The Morgan fingerprint density at radius 2 is 2.26 bits per heavy atom. The lowest BCUT2D eigenvalue weighted by molar-refractivity contribution is -0.131. The number of carboxylic acid groups (broad SMARTS) is 1. The van der Waals surface area contributed by atoms with Crippen LogP contribution in [0.4, 0.5) is 0 Å². The fourth-order valence-electron chi connectivity index (χ4n) is 2.47. The summed E-state index contributed by atoms with van der Waals surface area (Å²) in [5.74, 6) is 0.107. The maximum atomic E-state index is 10.7. The van der Waals surface area contributed by atoms with Crippen molar-refractivity contribution in [2.24, 2.45) is 7.05 Å². The van der Waals surface area contributed by atoms with Gasteiger partial charge in [0, 0.05) is 35.0 Å². The maximum absolute atomic E-state index is 10.7. The Bertz CT molecular complexity index is 567. The van der Waals surface area contributed by atoms with Gasteiger partial charge in [0.1, 0.15) is 0 Å². The van der Waals surface area contributed by atoms with Crippen molar-refractivity contribution in [2.75, 3.05) is 5.75 Å². The van der Waals surface area contributed by atoms with Gasteiger partial charge < -0.3 is 9.67 Å². The number of rotatable bonds is 4. The molecular formula is C15H19NO2S. The van der Waals surface area contributed by atoms with Crippen LogP contribution in [0.3, 0.4) is 0 Å². The van der Waals surface area contributed by atoms with E-state index in [0.29, 0.717) is 0 Å². The lowest BCUT2D eigenvalue weighted by Gasteiger charge is -2.19. The van der Waals surface area contributed by atoms with Gasteiger partial charge in [0.2, 0.25) is 0 Å². The van der Waals surface area contributed by atoms with Crippen LogP contribution in [0.1, 0.15) is 30.3 Å². The van der Waals surface area contributed by atoms with Crippen molar-refractivity contribution in [3.8, 4) is 0 Å². The fourth-order valence-corrected chi connectivity index (χ4v) is 3.44. The van der Waals surface area contributed by atoms with E-state index in [0.717, 1.165) is 24.2 Å². The van der Waals surface area contributed by atoms with Gasteiger partial charge in [-0.15, -0.1) is 11.8 Å². The van der Waals surface area contributed by atoms with E-state index in [1.165, 1.54) is 27.9 Å². The Balaban J connectivity index is 2.49. The molecule has 2 rings (SSSR count). The number of hydrogen-bond acceptors (Lipinski definition) is 2. The van der Waals surface area contributed by atoms with E-state index in [1.807, 2.05) is 0 Å². The standard InChI is InChI=1S/C15H19NO2S/c1-4-19-15-11(6-8-14(17)18)5-7-13-12(15)9-10(2)16(13)3/h6,8-9H,4-5,7H2,1-3H3,(H,17,18)/b8-6+. The Morgan fingerprint density at radius 1 is 1.53 bits per heavy atom. The number of hydrogen-bond donors (Lipinski definition) is 1. The van der Waals surface area contributed by atoms with Crippen LogP contribution in [0.15, 0.2) is 23.8 Å². The molecule has 1 aromatic rings. The minimum atomic E-state index is -0.886. The van der Waals surface area contributed by atoms with Crippen molar-refractivity contribution in [2.45, 2.75) is 26.7 Å². The molecule has 3 nitrogen and oxygen atoms in total. The number of nitrogens with zero attached hydrogens (tertiary/aromatic N) is 1. The molecule has 1 aromatic heterocycles. The van der Waals surface area contributed by atoms with Crippen LogP contribution in [0.5, 0.6) is 0 Å². The molecule has 0 atom stereocenters. The largest absolute Gasteiger partial charge is 0.478 e. The molecule has 19 heavy (non-hydrogen) atoms. The summed E-state index contributed by atoms with van der Waals surface area (Å²) in [7, 11) is 2.10. The third-order valence-electron chi connectivity index (χ3n) is 3.48. The van der Waals surface area contributed by atoms with Crippen LogP contribution < -0.4 is 0 Å². The van der Waals surface area contributed by atoms with Crippen molar-refractivity contribution < 1.29 is 9.90 Å². The molecule has 0 saturated heterocycles. The van der Waals surface area contributed by atoms with Gasteiger partial charge in [-0.25, -0.2) is 4.79 Å². The minimum absolute atomic E-state index is 0.886. The number of carbonyl (C=O) groups is 1. The Morgan fingerprint density at radius 3 is 2.89 bits per heavy atom. The van der Waals surface area contributed by atoms with Crippen LogP contribution >= 0.6 is 11.8 Å². The highest BCUT2D eigenvalue weighted by molar-refractivity contribution is 8.08. The third kappa shape index (κ3) is 2.78. The summed E-state index contributed by atoms with van der Waals surface area (Å²) in [6, 6.07) is 2.21. The van der Waals surface area contributed by atoms with Gasteiger partial charge in [0.25, 0.3) is 0 Å². The van der Waals surface area contributed by atoms with Gasteiger partial charge in [-0.1, -0.05) is 13.0 Å². The molecular weight excluding hydrogens is 258 g/mol. The average molecular weight is 277 g/mol. The van der Waals surface area contributed by atoms with E-state index in [1.54, 1.807) is 17.8 Å². The van der Waals surface area contributed by atoms with Crippen LogP contribution in [-0.4, -0.2) is 21.4 Å². The molecule has 0 radical (unpaired) electrons. The number of aromatic nitrogens is 1. The molecule has 0 fully saturated rings. The highest BCUT2D eigenvalue weighted by Gasteiger charge is 2.21. The zero-order valence-corrected chi connectivity index (χ0v) is 12.4. The van der Waals surface area contributed by atoms with E-state index in [4.69, 9.17) is 5.11 Å². The predicted molar refractivity (Wildman–Crippen MR) is 80.3 cm³/mol. The summed E-state index contributed by atoms with van der Waals surface area (Å²) in [6.07, 6.45) is 4.89. The first-order chi connectivity index (χ1) is 9.04. The number of thioether (sulfide) groups is 1. The Kier molecular flexibility index (Phi) is 4.20. The molecule has 0 spiro atoms. The molecule has 1 aliphatic rings. The molecule has 0 aliphatic heterocycles. The van der Waals surface area contributed by atoms with Crippen molar-refractivity contribution in [3.05, 3.63) is 40.7 Å². The third-order valence-corrected chi connectivity index (χ3v) is 4.54. The molecule has 102 valence electrons. The first-order valence-corrected chi connectivity index (χ1v) is 7.45. The van der Waals surface area contributed by atoms with Gasteiger partial charge in [0.05, 0.1) is 0 Å². The van der Waals surface area contributed by atoms with Crippen molar-refractivity contribution in [1.82, 2.24) is 4.57 Å². The summed E-state index contributed by atoms with van der Waals surface area (Å²) in [5.41, 5.74) is 5.04. The number of carboxylic acids is 1. The monoisotopic (exact) mass is 277 g/mol. The van der Waals surface area contributed by atoms with Gasteiger partial charge in [-0.2, -0.15) is 0 Å². The van der Waals surface area contributed by atoms with Crippen LogP contribution in [0.2, 0.25) is 0 Å². The first kappa shape index (κ1) is 14.0. The lowest BCUT2D eigenvalue weighted by atomic mass is 9.97. The zero-order chi connectivity index (χ0) is 14.0. The lowest BCUT2D eigenvalue weighted by Crippen LogP contribution is -2.06. The highest BCUT2D eigenvalue weighted by Crippen LogP contribution is 2.40. The van der Waals surface area contributed by atoms with Gasteiger partial charge in [-0.05, 0) is 37.2 Å². The molecule has 1 N–H and O–H groups in total. The Labute approximate surface area is 118 Å². The quantitative estimate of drug-likeness (QED) is 0.858. The Hall–Kier alpha value is -1.42.